The van der Waals surface area contributed by atoms with Crippen LogP contribution in [0.2, 0.25) is 0 Å². The summed E-state index contributed by atoms with van der Waals surface area (Å²) in [6.07, 6.45) is 0.767. The number of Topliss-reactive ketones (excluding diaryl/α,β-unsaturated/α-hetero) is 1. The maximum atomic E-state index is 12.9. The van der Waals surface area contributed by atoms with Crippen LogP contribution in [-0.4, -0.2) is 66.9 Å². The first kappa shape index (κ1) is 22.9. The maximum Gasteiger partial charge on any atom is 0.290 e. The van der Waals surface area contributed by atoms with Crippen LogP contribution in [-0.2, 0) is 9.59 Å². The number of nitrogens with zero attached hydrogens (tertiary/aromatic N) is 3. The largest absolute Gasteiger partial charge is 0.503 e. The molecule has 29 heavy (non-hydrogen) atoms. The van der Waals surface area contributed by atoms with Crippen molar-refractivity contribution in [1.82, 2.24) is 9.80 Å². The zero-order chi connectivity index (χ0) is 21.7. The van der Waals surface area contributed by atoms with Crippen molar-refractivity contribution in [3.05, 3.63) is 41.2 Å². The Morgan fingerprint density at radius 2 is 1.72 bits per heavy atom. The topological polar surface area (TPSA) is 64.1 Å². The van der Waals surface area contributed by atoms with Gasteiger partial charge in [0, 0.05) is 31.2 Å². The lowest BCUT2D eigenvalue weighted by molar-refractivity contribution is -0.129. The normalized spacial score (nSPS) is 17.0. The number of rotatable bonds is 10. The van der Waals surface area contributed by atoms with Crippen molar-refractivity contribution < 1.29 is 14.7 Å². The highest BCUT2D eigenvalue weighted by atomic mass is 16.3. The molecule has 1 heterocycles. The number of carbonyl (C=O) groups excluding carboxylic acids is 2. The van der Waals surface area contributed by atoms with Gasteiger partial charge in [-0.3, -0.25) is 9.59 Å². The summed E-state index contributed by atoms with van der Waals surface area (Å²) in [6, 6.07) is 7.45. The molecule has 0 spiro atoms. The molecule has 160 valence electrons. The highest BCUT2D eigenvalue weighted by Crippen LogP contribution is 2.39. The highest BCUT2D eigenvalue weighted by Gasteiger charge is 2.43. The van der Waals surface area contributed by atoms with E-state index in [1.807, 2.05) is 38.4 Å². The van der Waals surface area contributed by atoms with Crippen LogP contribution in [0.3, 0.4) is 0 Å². The van der Waals surface area contributed by atoms with Crippen LogP contribution in [0.4, 0.5) is 5.69 Å². The zero-order valence-electron chi connectivity index (χ0n) is 18.6. The molecular weight excluding hydrogens is 366 g/mol. The summed E-state index contributed by atoms with van der Waals surface area (Å²) in [5.74, 6) is -1.32. The van der Waals surface area contributed by atoms with Crippen molar-refractivity contribution in [2.75, 3.05) is 45.2 Å². The number of amides is 1. The van der Waals surface area contributed by atoms with Gasteiger partial charge in [0.25, 0.3) is 5.91 Å². The molecule has 1 amide bonds. The van der Waals surface area contributed by atoms with Crippen molar-refractivity contribution in [3.63, 3.8) is 0 Å². The van der Waals surface area contributed by atoms with Gasteiger partial charge in [-0.05, 0) is 58.6 Å². The molecule has 6 nitrogen and oxygen atoms in total. The second-order valence-electron chi connectivity index (χ2n) is 8.10. The molecule has 0 aromatic heterocycles. The predicted octanol–water partition coefficient (Wildman–Crippen LogP) is 3.41. The molecule has 6 heteroatoms. The SMILES string of the molecule is CCN(CC)c1ccc(C2C(C(=O)C(C)C)=C(O)C(=O)N2CCCN(C)C)cc1. The summed E-state index contributed by atoms with van der Waals surface area (Å²) < 4.78 is 0. The minimum absolute atomic E-state index is 0.177. The summed E-state index contributed by atoms with van der Waals surface area (Å²) >= 11 is 0. The van der Waals surface area contributed by atoms with E-state index in [2.05, 4.69) is 23.6 Å². The Hall–Kier alpha value is -2.34. The van der Waals surface area contributed by atoms with Crippen LogP contribution in [0.5, 0.6) is 0 Å². The first-order valence-corrected chi connectivity index (χ1v) is 10.5. The Bertz CT molecular complexity index is 749. The van der Waals surface area contributed by atoms with Gasteiger partial charge in [-0.15, -0.1) is 0 Å². The molecule has 1 aliphatic heterocycles. The van der Waals surface area contributed by atoms with Gasteiger partial charge in [-0.2, -0.15) is 0 Å². The van der Waals surface area contributed by atoms with E-state index in [1.54, 1.807) is 18.7 Å². The number of ketones is 1. The fraction of sp³-hybridized carbons (Fsp3) is 0.565. The summed E-state index contributed by atoms with van der Waals surface area (Å²) in [5, 5.41) is 10.6. The molecule has 0 bridgehead atoms. The van der Waals surface area contributed by atoms with Gasteiger partial charge >= 0.3 is 0 Å². The number of anilines is 1. The standard InChI is InChI=1S/C23H35N3O3/c1-7-25(8-2)18-12-10-17(11-13-18)20-19(21(27)16(3)4)22(28)23(29)26(20)15-9-14-24(5)6/h10-13,16,20,28H,7-9,14-15H2,1-6H3. The van der Waals surface area contributed by atoms with Gasteiger partial charge in [0.1, 0.15) is 0 Å². The number of aliphatic hydroxyl groups excluding tert-OH is 1. The van der Waals surface area contributed by atoms with E-state index in [1.165, 1.54) is 0 Å². The number of benzene rings is 1. The Labute approximate surface area is 174 Å². The average Bonchev–Trinajstić information content (AvgIpc) is 2.93. The number of hydrogen-bond acceptors (Lipinski definition) is 5. The molecule has 0 radical (unpaired) electrons. The fourth-order valence-electron chi connectivity index (χ4n) is 3.81. The van der Waals surface area contributed by atoms with Crippen LogP contribution >= 0.6 is 0 Å². The zero-order valence-corrected chi connectivity index (χ0v) is 18.6. The Balaban J connectivity index is 2.41. The van der Waals surface area contributed by atoms with E-state index in [0.29, 0.717) is 6.54 Å². The van der Waals surface area contributed by atoms with Crippen molar-refractivity contribution in [1.29, 1.82) is 0 Å². The minimum atomic E-state index is -0.537. The van der Waals surface area contributed by atoms with E-state index in [4.69, 9.17) is 0 Å². The van der Waals surface area contributed by atoms with Crippen molar-refractivity contribution in [3.8, 4) is 0 Å². The lowest BCUT2D eigenvalue weighted by Crippen LogP contribution is -2.33. The summed E-state index contributed by atoms with van der Waals surface area (Å²) in [7, 11) is 3.97. The Kier molecular flexibility index (Phi) is 7.85. The molecule has 0 fully saturated rings. The van der Waals surface area contributed by atoms with Crippen LogP contribution in [0.15, 0.2) is 35.6 Å². The fourth-order valence-corrected chi connectivity index (χ4v) is 3.81. The maximum absolute atomic E-state index is 12.9. The van der Waals surface area contributed by atoms with E-state index in [9.17, 15) is 14.7 Å². The summed E-state index contributed by atoms with van der Waals surface area (Å²) in [4.78, 5) is 31.6. The molecule has 1 aromatic carbocycles. The number of carbonyl (C=O) groups is 2. The molecule has 1 atom stereocenters. The Morgan fingerprint density at radius 1 is 1.14 bits per heavy atom. The van der Waals surface area contributed by atoms with Crippen LogP contribution in [0.1, 0.15) is 45.7 Å². The first-order chi connectivity index (χ1) is 13.7. The molecule has 0 saturated carbocycles. The van der Waals surface area contributed by atoms with E-state index < -0.39 is 17.7 Å². The van der Waals surface area contributed by atoms with E-state index in [-0.39, 0.29) is 17.3 Å². The minimum Gasteiger partial charge on any atom is -0.503 e. The quantitative estimate of drug-likeness (QED) is 0.651. The first-order valence-electron chi connectivity index (χ1n) is 10.5. The van der Waals surface area contributed by atoms with Crippen molar-refractivity contribution >= 4 is 17.4 Å². The molecule has 1 aliphatic rings. The molecule has 2 rings (SSSR count). The van der Waals surface area contributed by atoms with Gasteiger partial charge in [-0.25, -0.2) is 0 Å². The van der Waals surface area contributed by atoms with Crippen LogP contribution in [0.25, 0.3) is 0 Å². The van der Waals surface area contributed by atoms with E-state index >= 15 is 0 Å². The van der Waals surface area contributed by atoms with Crippen LogP contribution in [0, 0.1) is 5.92 Å². The van der Waals surface area contributed by atoms with Crippen molar-refractivity contribution in [2.24, 2.45) is 5.92 Å². The second kappa shape index (κ2) is 9.92. The molecule has 1 N–H and O–H groups in total. The van der Waals surface area contributed by atoms with Gasteiger partial charge in [0.15, 0.2) is 11.5 Å². The summed E-state index contributed by atoms with van der Waals surface area (Å²) in [6.45, 7) is 10.9. The predicted molar refractivity (Wildman–Crippen MR) is 117 cm³/mol. The van der Waals surface area contributed by atoms with Gasteiger partial charge in [0.05, 0.1) is 11.6 Å². The lowest BCUT2D eigenvalue weighted by atomic mass is 9.91. The third-order valence-electron chi connectivity index (χ3n) is 5.44. The third kappa shape index (κ3) is 4.99. The van der Waals surface area contributed by atoms with Crippen LogP contribution < -0.4 is 4.90 Å². The monoisotopic (exact) mass is 401 g/mol. The second-order valence-corrected chi connectivity index (χ2v) is 8.10. The smallest absolute Gasteiger partial charge is 0.290 e. The van der Waals surface area contributed by atoms with E-state index in [0.717, 1.165) is 37.3 Å². The van der Waals surface area contributed by atoms with Gasteiger partial charge in [0.2, 0.25) is 0 Å². The molecule has 0 aliphatic carbocycles. The van der Waals surface area contributed by atoms with Crippen molar-refractivity contribution in [2.45, 2.75) is 40.2 Å². The highest BCUT2D eigenvalue weighted by molar-refractivity contribution is 6.09. The summed E-state index contributed by atoms with van der Waals surface area (Å²) in [5.41, 5.74) is 2.18. The van der Waals surface area contributed by atoms with Gasteiger partial charge < -0.3 is 19.8 Å². The number of aliphatic hydroxyl groups is 1. The molecular formula is C23H35N3O3. The Morgan fingerprint density at radius 3 is 2.21 bits per heavy atom. The molecule has 0 saturated heterocycles. The lowest BCUT2D eigenvalue weighted by Gasteiger charge is -2.28. The number of hydrogen-bond donors (Lipinski definition) is 1. The molecule has 1 unspecified atom stereocenters. The molecule has 1 aromatic rings. The third-order valence-corrected chi connectivity index (χ3v) is 5.44. The van der Waals surface area contributed by atoms with Gasteiger partial charge in [-0.1, -0.05) is 26.0 Å². The average molecular weight is 402 g/mol.